The van der Waals surface area contributed by atoms with E-state index in [1.807, 2.05) is 0 Å². The number of hydrogen-bond donors (Lipinski definition) is 1. The maximum absolute atomic E-state index is 6.12. The molecule has 0 amide bonds. The van der Waals surface area contributed by atoms with Crippen molar-refractivity contribution in [3.05, 3.63) is 0 Å². The van der Waals surface area contributed by atoms with Gasteiger partial charge in [-0.1, -0.05) is 13.8 Å². The van der Waals surface area contributed by atoms with E-state index in [2.05, 4.69) is 37.8 Å². The summed E-state index contributed by atoms with van der Waals surface area (Å²) in [5.74, 6) is 2.47. The molecule has 4 atom stereocenters. The topological polar surface area (TPSA) is 30.5 Å². The Morgan fingerprint density at radius 2 is 2.25 bits per heavy atom. The van der Waals surface area contributed by atoms with Gasteiger partial charge in [0.2, 0.25) is 0 Å². The monoisotopic (exact) mass is 299 g/mol. The van der Waals surface area contributed by atoms with Gasteiger partial charge in [-0.3, -0.25) is 0 Å². The molecule has 0 bridgehead atoms. The molecular formula is C16H29NO2S. The Kier molecular flexibility index (Phi) is 4.38. The van der Waals surface area contributed by atoms with Crippen LogP contribution in [-0.4, -0.2) is 48.5 Å². The molecule has 0 aromatic carbocycles. The number of hydrogen-bond acceptors (Lipinski definition) is 4. The zero-order valence-electron chi connectivity index (χ0n) is 13.1. The molecule has 2 aliphatic heterocycles. The fraction of sp³-hybridized carbons (Fsp3) is 1.00. The van der Waals surface area contributed by atoms with Crippen LogP contribution >= 0.6 is 11.8 Å². The molecule has 20 heavy (non-hydrogen) atoms. The predicted octanol–water partition coefficient (Wildman–Crippen LogP) is 2.83. The minimum Gasteiger partial charge on any atom is -0.378 e. The first-order valence-electron chi connectivity index (χ1n) is 8.15. The van der Waals surface area contributed by atoms with E-state index in [1.54, 1.807) is 0 Å². The van der Waals surface area contributed by atoms with Gasteiger partial charge in [0.05, 0.1) is 11.7 Å². The molecule has 4 unspecified atom stereocenters. The standard InChI is InChI=1S/C16H29NO2S/c1-4-18-14-9-13(15(14,2)3)17-12-5-7-19-16(10-12)6-8-20-11-16/h12-14,17H,4-11H2,1-3H3. The van der Waals surface area contributed by atoms with Crippen LogP contribution in [0.2, 0.25) is 0 Å². The lowest BCUT2D eigenvalue weighted by Crippen LogP contribution is -2.64. The van der Waals surface area contributed by atoms with Gasteiger partial charge in [-0.15, -0.1) is 0 Å². The van der Waals surface area contributed by atoms with Crippen molar-refractivity contribution in [1.29, 1.82) is 0 Å². The minimum atomic E-state index is 0.188. The molecule has 1 aliphatic carbocycles. The molecule has 0 radical (unpaired) electrons. The van der Waals surface area contributed by atoms with Crippen molar-refractivity contribution in [2.24, 2.45) is 5.41 Å². The van der Waals surface area contributed by atoms with Gasteiger partial charge in [-0.2, -0.15) is 11.8 Å². The summed E-state index contributed by atoms with van der Waals surface area (Å²) in [5, 5.41) is 3.92. The van der Waals surface area contributed by atoms with Crippen molar-refractivity contribution in [2.75, 3.05) is 24.7 Å². The van der Waals surface area contributed by atoms with Crippen LogP contribution in [0, 0.1) is 5.41 Å². The number of ether oxygens (including phenoxy) is 2. The summed E-state index contributed by atoms with van der Waals surface area (Å²) in [6.45, 7) is 8.54. The third-order valence-electron chi connectivity index (χ3n) is 5.54. The van der Waals surface area contributed by atoms with Gasteiger partial charge in [0.1, 0.15) is 0 Å². The second-order valence-corrected chi connectivity index (χ2v) is 8.35. The lowest BCUT2D eigenvalue weighted by molar-refractivity contribution is -0.126. The summed E-state index contributed by atoms with van der Waals surface area (Å²) in [4.78, 5) is 0. The lowest BCUT2D eigenvalue weighted by atomic mass is 9.64. The van der Waals surface area contributed by atoms with Crippen molar-refractivity contribution in [1.82, 2.24) is 5.32 Å². The zero-order valence-corrected chi connectivity index (χ0v) is 13.9. The van der Waals surface area contributed by atoms with Gasteiger partial charge in [-0.05, 0) is 38.4 Å². The Morgan fingerprint density at radius 3 is 2.90 bits per heavy atom. The molecular weight excluding hydrogens is 270 g/mol. The molecule has 116 valence electrons. The first-order chi connectivity index (χ1) is 9.56. The molecule has 0 aromatic heterocycles. The van der Waals surface area contributed by atoms with E-state index < -0.39 is 0 Å². The smallest absolute Gasteiger partial charge is 0.0795 e. The van der Waals surface area contributed by atoms with Crippen molar-refractivity contribution in [3.8, 4) is 0 Å². The summed E-state index contributed by atoms with van der Waals surface area (Å²) in [6, 6.07) is 1.24. The third-order valence-corrected chi connectivity index (χ3v) is 6.77. The van der Waals surface area contributed by atoms with E-state index in [4.69, 9.17) is 9.47 Å². The molecule has 1 N–H and O–H groups in total. The highest BCUT2D eigenvalue weighted by Gasteiger charge is 2.50. The third kappa shape index (κ3) is 2.77. The van der Waals surface area contributed by atoms with Crippen LogP contribution < -0.4 is 5.32 Å². The number of nitrogens with one attached hydrogen (secondary N) is 1. The molecule has 0 aromatic rings. The maximum atomic E-state index is 6.12. The van der Waals surface area contributed by atoms with Crippen molar-refractivity contribution >= 4 is 11.8 Å². The summed E-state index contributed by atoms with van der Waals surface area (Å²) < 4.78 is 12.0. The second-order valence-electron chi connectivity index (χ2n) is 7.24. The van der Waals surface area contributed by atoms with Crippen molar-refractivity contribution in [3.63, 3.8) is 0 Å². The average molecular weight is 299 g/mol. The van der Waals surface area contributed by atoms with Crippen LogP contribution in [0.5, 0.6) is 0 Å². The Hall–Kier alpha value is 0.230. The van der Waals surface area contributed by atoms with E-state index in [0.717, 1.165) is 19.6 Å². The van der Waals surface area contributed by atoms with Crippen LogP contribution in [0.25, 0.3) is 0 Å². The van der Waals surface area contributed by atoms with Crippen molar-refractivity contribution < 1.29 is 9.47 Å². The lowest BCUT2D eigenvalue weighted by Gasteiger charge is -2.54. The van der Waals surface area contributed by atoms with E-state index in [1.165, 1.54) is 30.8 Å². The van der Waals surface area contributed by atoms with E-state index in [-0.39, 0.29) is 11.0 Å². The molecule has 1 saturated carbocycles. The van der Waals surface area contributed by atoms with Crippen LogP contribution in [0.15, 0.2) is 0 Å². The first kappa shape index (κ1) is 15.1. The van der Waals surface area contributed by atoms with Gasteiger partial charge < -0.3 is 14.8 Å². The van der Waals surface area contributed by atoms with Crippen LogP contribution in [0.4, 0.5) is 0 Å². The molecule has 3 fully saturated rings. The van der Waals surface area contributed by atoms with E-state index >= 15 is 0 Å². The minimum absolute atomic E-state index is 0.188. The highest BCUT2D eigenvalue weighted by Crippen LogP contribution is 2.44. The van der Waals surface area contributed by atoms with Gasteiger partial charge in [0, 0.05) is 36.5 Å². The first-order valence-corrected chi connectivity index (χ1v) is 9.30. The summed E-state index contributed by atoms with van der Waals surface area (Å²) in [7, 11) is 0. The van der Waals surface area contributed by atoms with E-state index in [0.29, 0.717) is 18.2 Å². The average Bonchev–Trinajstić information content (AvgIpc) is 2.86. The number of rotatable bonds is 4. The summed E-state index contributed by atoms with van der Waals surface area (Å²) in [6.07, 6.45) is 5.20. The molecule has 3 rings (SSSR count). The predicted molar refractivity (Wildman–Crippen MR) is 84.4 cm³/mol. The largest absolute Gasteiger partial charge is 0.378 e. The Labute approximate surface area is 127 Å². The second kappa shape index (κ2) is 5.79. The van der Waals surface area contributed by atoms with Gasteiger partial charge in [0.25, 0.3) is 0 Å². The summed E-state index contributed by atoms with van der Waals surface area (Å²) >= 11 is 2.05. The Balaban J connectivity index is 1.53. The van der Waals surface area contributed by atoms with Crippen LogP contribution in [0.3, 0.4) is 0 Å². The Morgan fingerprint density at radius 1 is 1.40 bits per heavy atom. The zero-order chi connectivity index (χ0) is 14.2. The normalized spacial score (nSPS) is 43.6. The fourth-order valence-corrected chi connectivity index (χ4v) is 5.35. The molecule has 1 spiro atoms. The molecule has 2 saturated heterocycles. The van der Waals surface area contributed by atoms with Gasteiger partial charge in [-0.25, -0.2) is 0 Å². The highest BCUT2D eigenvalue weighted by atomic mass is 32.2. The summed E-state index contributed by atoms with van der Waals surface area (Å²) in [5.41, 5.74) is 0.458. The van der Waals surface area contributed by atoms with Crippen LogP contribution in [-0.2, 0) is 9.47 Å². The Bertz CT molecular complexity index is 341. The van der Waals surface area contributed by atoms with E-state index in [9.17, 15) is 0 Å². The number of thioether (sulfide) groups is 1. The van der Waals surface area contributed by atoms with Crippen molar-refractivity contribution in [2.45, 2.75) is 70.2 Å². The highest BCUT2D eigenvalue weighted by molar-refractivity contribution is 7.99. The molecule has 3 nitrogen and oxygen atoms in total. The SMILES string of the molecule is CCOC1CC(NC2CCOC3(CCSC3)C2)C1(C)C. The molecule has 2 heterocycles. The molecule has 4 heteroatoms. The maximum Gasteiger partial charge on any atom is 0.0795 e. The van der Waals surface area contributed by atoms with Crippen LogP contribution in [0.1, 0.15) is 46.5 Å². The van der Waals surface area contributed by atoms with Gasteiger partial charge >= 0.3 is 0 Å². The van der Waals surface area contributed by atoms with Gasteiger partial charge in [0.15, 0.2) is 0 Å². The molecule has 3 aliphatic rings. The fourth-order valence-electron chi connectivity index (χ4n) is 3.97. The quantitative estimate of drug-likeness (QED) is 0.865.